The Labute approximate surface area is 151 Å². The Balaban J connectivity index is 1.60. The fourth-order valence-corrected chi connectivity index (χ4v) is 4.49. The molecule has 0 radical (unpaired) electrons. The molecular formula is C17H15N5O3S. The number of hydrogen-bond acceptors (Lipinski definition) is 6. The van der Waals surface area contributed by atoms with E-state index in [9.17, 15) is 14.4 Å². The largest absolute Gasteiger partial charge is 0.365 e. The van der Waals surface area contributed by atoms with Crippen LogP contribution in [-0.4, -0.2) is 26.8 Å². The van der Waals surface area contributed by atoms with Crippen molar-refractivity contribution in [3.05, 3.63) is 50.6 Å². The minimum Gasteiger partial charge on any atom is -0.365 e. The van der Waals surface area contributed by atoms with E-state index in [1.54, 1.807) is 24.3 Å². The lowest BCUT2D eigenvalue weighted by Gasteiger charge is -2.07. The number of carbonyl (C=O) groups excluding carboxylic acids is 2. The monoisotopic (exact) mass is 369 g/mol. The predicted octanol–water partition coefficient (Wildman–Crippen LogP) is 1.08. The number of anilines is 1. The van der Waals surface area contributed by atoms with Gasteiger partial charge in [0.15, 0.2) is 0 Å². The van der Waals surface area contributed by atoms with Gasteiger partial charge in [-0.15, -0.1) is 16.4 Å². The summed E-state index contributed by atoms with van der Waals surface area (Å²) >= 11 is 1.37. The topological polar surface area (TPSA) is 120 Å². The molecule has 0 saturated heterocycles. The van der Waals surface area contributed by atoms with Gasteiger partial charge >= 0.3 is 0 Å². The summed E-state index contributed by atoms with van der Waals surface area (Å²) in [5, 5.41) is 11.3. The van der Waals surface area contributed by atoms with Crippen LogP contribution >= 0.6 is 11.3 Å². The Bertz CT molecular complexity index is 1100. The standard InChI is InChI=1S/C17H15N5O3S/c18-15(24)14-10-5-3-7-12(10)26-16(14)19-13(23)8-22-17(25)9-4-1-2-6-11(9)20-21-22/h1-2,4,6H,3,5,7-8H2,(H2,18,24)(H,19,23). The quantitative estimate of drug-likeness (QED) is 0.713. The van der Waals surface area contributed by atoms with Crippen molar-refractivity contribution in [1.29, 1.82) is 0 Å². The summed E-state index contributed by atoms with van der Waals surface area (Å²) in [5.41, 5.74) is 6.88. The van der Waals surface area contributed by atoms with Crippen LogP contribution in [0.25, 0.3) is 10.9 Å². The van der Waals surface area contributed by atoms with Gasteiger partial charge in [0.1, 0.15) is 17.1 Å². The molecule has 1 aliphatic carbocycles. The number of thiophene rings is 1. The fraction of sp³-hybridized carbons (Fsp3) is 0.235. The second kappa shape index (κ2) is 6.34. The molecule has 0 bridgehead atoms. The van der Waals surface area contributed by atoms with Crippen molar-refractivity contribution in [1.82, 2.24) is 15.0 Å². The van der Waals surface area contributed by atoms with Crippen LogP contribution in [-0.2, 0) is 24.2 Å². The number of nitrogens with two attached hydrogens (primary N) is 1. The minimum atomic E-state index is -0.553. The molecule has 1 aromatic carbocycles. The minimum absolute atomic E-state index is 0.294. The van der Waals surface area contributed by atoms with Gasteiger partial charge in [-0.25, -0.2) is 4.68 Å². The summed E-state index contributed by atoms with van der Waals surface area (Å²) in [7, 11) is 0. The molecule has 8 nitrogen and oxygen atoms in total. The number of nitrogens with one attached hydrogen (secondary N) is 1. The first-order chi connectivity index (χ1) is 12.5. The van der Waals surface area contributed by atoms with Gasteiger partial charge in [0.05, 0.1) is 10.9 Å². The van der Waals surface area contributed by atoms with Crippen molar-refractivity contribution in [3.8, 4) is 0 Å². The van der Waals surface area contributed by atoms with Crippen molar-refractivity contribution < 1.29 is 9.59 Å². The highest BCUT2D eigenvalue weighted by atomic mass is 32.1. The molecule has 2 heterocycles. The molecule has 0 unspecified atom stereocenters. The number of hydrogen-bond donors (Lipinski definition) is 2. The zero-order chi connectivity index (χ0) is 18.3. The number of primary amides is 1. The summed E-state index contributed by atoms with van der Waals surface area (Å²) in [6.45, 7) is -0.294. The van der Waals surface area contributed by atoms with E-state index in [0.29, 0.717) is 21.5 Å². The molecule has 2 amide bonds. The maximum atomic E-state index is 12.4. The lowest BCUT2D eigenvalue weighted by atomic mass is 10.1. The van der Waals surface area contributed by atoms with Crippen LogP contribution in [0.4, 0.5) is 5.00 Å². The molecule has 26 heavy (non-hydrogen) atoms. The van der Waals surface area contributed by atoms with Gasteiger partial charge in [-0.3, -0.25) is 14.4 Å². The third kappa shape index (κ3) is 2.76. The second-order valence-corrected chi connectivity index (χ2v) is 7.15. The van der Waals surface area contributed by atoms with Crippen LogP contribution in [0.5, 0.6) is 0 Å². The van der Waals surface area contributed by atoms with Crippen molar-refractivity contribution in [3.63, 3.8) is 0 Å². The molecule has 0 spiro atoms. The SMILES string of the molecule is NC(=O)c1c(NC(=O)Cn2nnc3ccccc3c2=O)sc2c1CCC2. The number of aromatic nitrogens is 3. The molecule has 0 saturated carbocycles. The molecule has 3 N–H and O–H groups in total. The summed E-state index contributed by atoms with van der Waals surface area (Å²) in [6, 6.07) is 6.80. The third-order valence-electron chi connectivity index (χ3n) is 4.34. The van der Waals surface area contributed by atoms with Gasteiger partial charge in [0.25, 0.3) is 11.5 Å². The molecule has 0 aliphatic heterocycles. The van der Waals surface area contributed by atoms with Gasteiger partial charge in [-0.1, -0.05) is 17.3 Å². The molecule has 132 valence electrons. The molecule has 0 fully saturated rings. The van der Waals surface area contributed by atoms with Gasteiger partial charge in [0.2, 0.25) is 5.91 Å². The van der Waals surface area contributed by atoms with Gasteiger partial charge in [-0.2, -0.15) is 0 Å². The lowest BCUT2D eigenvalue weighted by Crippen LogP contribution is -2.30. The van der Waals surface area contributed by atoms with Gasteiger partial charge in [-0.05, 0) is 37.0 Å². The van der Waals surface area contributed by atoms with Crippen LogP contribution in [0, 0.1) is 0 Å². The second-order valence-electron chi connectivity index (χ2n) is 6.04. The van der Waals surface area contributed by atoms with Crippen LogP contribution < -0.4 is 16.6 Å². The molecule has 9 heteroatoms. The van der Waals surface area contributed by atoms with Crippen LogP contribution in [0.1, 0.15) is 27.2 Å². The molecule has 2 aromatic heterocycles. The predicted molar refractivity (Wildman–Crippen MR) is 97.3 cm³/mol. The van der Waals surface area contributed by atoms with Crippen molar-refractivity contribution in [2.24, 2.45) is 5.73 Å². The molecule has 4 rings (SSSR count). The van der Waals surface area contributed by atoms with Crippen LogP contribution in [0.2, 0.25) is 0 Å². The van der Waals surface area contributed by atoms with Gasteiger partial charge < -0.3 is 11.1 Å². The lowest BCUT2D eigenvalue weighted by molar-refractivity contribution is -0.117. The Morgan fingerprint density at radius 1 is 1.27 bits per heavy atom. The van der Waals surface area contributed by atoms with Gasteiger partial charge in [0, 0.05) is 4.88 Å². The average molecular weight is 369 g/mol. The zero-order valence-electron chi connectivity index (χ0n) is 13.7. The number of amides is 2. The Morgan fingerprint density at radius 2 is 2.08 bits per heavy atom. The van der Waals surface area contributed by atoms with E-state index in [1.165, 1.54) is 11.3 Å². The van der Waals surface area contributed by atoms with Crippen LogP contribution in [0.3, 0.4) is 0 Å². The average Bonchev–Trinajstić information content (AvgIpc) is 3.18. The number of nitrogens with zero attached hydrogens (tertiary/aromatic N) is 3. The van der Waals surface area contributed by atoms with Crippen molar-refractivity contribution in [2.45, 2.75) is 25.8 Å². The molecule has 1 aliphatic rings. The summed E-state index contributed by atoms with van der Waals surface area (Å²) < 4.78 is 1.00. The van der Waals surface area contributed by atoms with E-state index in [-0.39, 0.29) is 6.54 Å². The van der Waals surface area contributed by atoms with E-state index in [1.807, 2.05) is 0 Å². The number of rotatable bonds is 4. The Kier molecular flexibility index (Phi) is 4.00. The Hall–Kier alpha value is -3.07. The smallest absolute Gasteiger partial charge is 0.278 e. The van der Waals surface area contributed by atoms with Crippen molar-refractivity contribution in [2.75, 3.05) is 5.32 Å². The van der Waals surface area contributed by atoms with E-state index in [0.717, 1.165) is 34.4 Å². The highest BCUT2D eigenvalue weighted by Gasteiger charge is 2.26. The van der Waals surface area contributed by atoms with E-state index >= 15 is 0 Å². The summed E-state index contributed by atoms with van der Waals surface area (Å²) in [5.74, 6) is -1.01. The first kappa shape index (κ1) is 16.4. The first-order valence-electron chi connectivity index (χ1n) is 8.11. The highest BCUT2D eigenvalue weighted by Crippen LogP contribution is 2.38. The Morgan fingerprint density at radius 3 is 2.88 bits per heavy atom. The highest BCUT2D eigenvalue weighted by molar-refractivity contribution is 7.17. The summed E-state index contributed by atoms with van der Waals surface area (Å²) in [6.07, 6.45) is 2.65. The zero-order valence-corrected chi connectivity index (χ0v) is 14.5. The first-order valence-corrected chi connectivity index (χ1v) is 8.93. The van der Waals surface area contributed by atoms with Crippen molar-refractivity contribution >= 4 is 39.1 Å². The van der Waals surface area contributed by atoms with Crippen LogP contribution in [0.15, 0.2) is 29.1 Å². The number of fused-ring (bicyclic) bond motifs is 2. The van der Waals surface area contributed by atoms with E-state index in [4.69, 9.17) is 5.73 Å². The number of carbonyl (C=O) groups is 2. The number of benzene rings is 1. The molecular weight excluding hydrogens is 354 g/mol. The van der Waals surface area contributed by atoms with E-state index in [2.05, 4.69) is 15.6 Å². The summed E-state index contributed by atoms with van der Waals surface area (Å²) in [4.78, 5) is 37.7. The normalized spacial score (nSPS) is 12.9. The molecule has 0 atom stereocenters. The van der Waals surface area contributed by atoms with E-state index < -0.39 is 17.4 Å². The fourth-order valence-electron chi connectivity index (χ4n) is 3.18. The molecule has 3 aromatic rings. The maximum absolute atomic E-state index is 12.4. The number of aryl methyl sites for hydroxylation is 1. The maximum Gasteiger partial charge on any atom is 0.278 e. The third-order valence-corrected chi connectivity index (χ3v) is 5.55.